The molecule has 1 aliphatic rings. The fourth-order valence-electron chi connectivity index (χ4n) is 3.24. The second kappa shape index (κ2) is 7.53. The monoisotopic (exact) mass is 351 g/mol. The normalized spacial score (nSPS) is 15.8. The lowest BCUT2D eigenvalue weighted by Gasteiger charge is -2.21. The van der Waals surface area contributed by atoms with Gasteiger partial charge in [0.25, 0.3) is 5.91 Å². The molecule has 0 N–H and O–H groups in total. The Balaban J connectivity index is 1.35. The third-order valence-corrected chi connectivity index (χ3v) is 4.63. The van der Waals surface area contributed by atoms with E-state index >= 15 is 0 Å². The molecule has 0 aliphatic carbocycles. The SMILES string of the molecule is O=C(c1ccco1)N1CCCN(Cc2ccc(-n3cncn3)cc2)CC1. The molecule has 0 unspecified atom stereocenters. The second-order valence-corrected chi connectivity index (χ2v) is 6.41. The van der Waals surface area contributed by atoms with E-state index in [9.17, 15) is 4.79 Å². The molecule has 0 radical (unpaired) electrons. The van der Waals surface area contributed by atoms with Gasteiger partial charge in [-0.3, -0.25) is 9.69 Å². The molecule has 0 spiro atoms. The molecule has 0 bridgehead atoms. The molecule has 7 nitrogen and oxygen atoms in total. The van der Waals surface area contributed by atoms with Gasteiger partial charge in [-0.25, -0.2) is 9.67 Å². The average Bonchev–Trinajstić information content (AvgIpc) is 3.34. The lowest BCUT2D eigenvalue weighted by atomic mass is 10.2. The van der Waals surface area contributed by atoms with E-state index in [0.29, 0.717) is 5.76 Å². The largest absolute Gasteiger partial charge is 0.459 e. The maximum atomic E-state index is 12.4. The smallest absolute Gasteiger partial charge is 0.289 e. The summed E-state index contributed by atoms with van der Waals surface area (Å²) in [6.07, 6.45) is 5.72. The van der Waals surface area contributed by atoms with Crippen molar-refractivity contribution in [3.05, 3.63) is 66.6 Å². The molecule has 1 fully saturated rings. The van der Waals surface area contributed by atoms with Crippen molar-refractivity contribution in [1.82, 2.24) is 24.6 Å². The van der Waals surface area contributed by atoms with Gasteiger partial charge in [0.2, 0.25) is 0 Å². The van der Waals surface area contributed by atoms with Crippen LogP contribution in [-0.2, 0) is 6.54 Å². The zero-order valence-corrected chi connectivity index (χ0v) is 14.5. The van der Waals surface area contributed by atoms with Crippen LogP contribution < -0.4 is 0 Å². The quantitative estimate of drug-likeness (QED) is 0.721. The number of carbonyl (C=O) groups excluding carboxylic acids is 1. The summed E-state index contributed by atoms with van der Waals surface area (Å²) in [5, 5.41) is 4.14. The fourth-order valence-corrected chi connectivity index (χ4v) is 3.24. The topological polar surface area (TPSA) is 67.4 Å². The van der Waals surface area contributed by atoms with Gasteiger partial charge in [-0.05, 0) is 36.2 Å². The molecule has 3 heterocycles. The maximum Gasteiger partial charge on any atom is 0.289 e. The van der Waals surface area contributed by atoms with Crippen LogP contribution in [0.1, 0.15) is 22.5 Å². The van der Waals surface area contributed by atoms with E-state index in [2.05, 4.69) is 39.2 Å². The molecule has 3 aromatic rings. The summed E-state index contributed by atoms with van der Waals surface area (Å²) in [6.45, 7) is 4.20. The van der Waals surface area contributed by atoms with Crippen LogP contribution in [0.4, 0.5) is 0 Å². The minimum absolute atomic E-state index is 0.0194. The third kappa shape index (κ3) is 3.67. The molecule has 1 aliphatic heterocycles. The Labute approximate surface area is 151 Å². The van der Waals surface area contributed by atoms with Crippen LogP contribution in [0.25, 0.3) is 5.69 Å². The first-order chi connectivity index (χ1) is 12.8. The summed E-state index contributed by atoms with van der Waals surface area (Å²) >= 11 is 0. The van der Waals surface area contributed by atoms with Crippen molar-refractivity contribution in [2.24, 2.45) is 0 Å². The number of hydrogen-bond donors (Lipinski definition) is 0. The predicted octanol–water partition coefficient (Wildman–Crippen LogP) is 2.21. The fraction of sp³-hybridized carbons (Fsp3) is 0.316. The molecule has 0 atom stereocenters. The van der Waals surface area contributed by atoms with E-state index in [4.69, 9.17) is 4.42 Å². The number of rotatable bonds is 4. The Kier molecular flexibility index (Phi) is 4.79. The van der Waals surface area contributed by atoms with Gasteiger partial charge in [-0.1, -0.05) is 12.1 Å². The van der Waals surface area contributed by atoms with Crippen molar-refractivity contribution in [1.29, 1.82) is 0 Å². The van der Waals surface area contributed by atoms with E-state index < -0.39 is 0 Å². The number of hydrogen-bond acceptors (Lipinski definition) is 5. The molecule has 134 valence electrons. The van der Waals surface area contributed by atoms with Crippen molar-refractivity contribution < 1.29 is 9.21 Å². The Bertz CT molecular complexity index is 827. The first kappa shape index (κ1) is 16.5. The summed E-state index contributed by atoms with van der Waals surface area (Å²) in [6, 6.07) is 11.8. The van der Waals surface area contributed by atoms with E-state index in [1.807, 2.05) is 4.90 Å². The minimum atomic E-state index is -0.0194. The standard InChI is InChI=1S/C19H21N5O2/c25-19(18-3-1-12-26-18)23-9-2-8-22(10-11-23)13-16-4-6-17(7-5-16)24-15-20-14-21-24/h1,3-7,12,14-15H,2,8-11,13H2. The lowest BCUT2D eigenvalue weighted by Crippen LogP contribution is -2.34. The molecular weight excluding hydrogens is 330 g/mol. The second-order valence-electron chi connectivity index (χ2n) is 6.41. The number of amides is 1. The number of aromatic nitrogens is 3. The minimum Gasteiger partial charge on any atom is -0.459 e. The molecule has 1 saturated heterocycles. The Morgan fingerprint density at radius 3 is 2.69 bits per heavy atom. The first-order valence-corrected chi connectivity index (χ1v) is 8.79. The highest BCUT2D eigenvalue weighted by atomic mass is 16.3. The van der Waals surface area contributed by atoms with Crippen LogP contribution in [-0.4, -0.2) is 56.7 Å². The summed E-state index contributed by atoms with van der Waals surface area (Å²) in [4.78, 5) is 20.7. The van der Waals surface area contributed by atoms with Crippen LogP contribution in [0.15, 0.2) is 59.7 Å². The summed E-state index contributed by atoms with van der Waals surface area (Å²) in [5.74, 6) is 0.399. The Morgan fingerprint density at radius 2 is 1.96 bits per heavy atom. The summed E-state index contributed by atoms with van der Waals surface area (Å²) < 4.78 is 6.98. The van der Waals surface area contributed by atoms with Gasteiger partial charge in [0.15, 0.2) is 5.76 Å². The van der Waals surface area contributed by atoms with E-state index in [1.165, 1.54) is 11.9 Å². The van der Waals surface area contributed by atoms with Crippen LogP contribution in [0.2, 0.25) is 0 Å². The van der Waals surface area contributed by atoms with Gasteiger partial charge >= 0.3 is 0 Å². The predicted molar refractivity (Wildman–Crippen MR) is 95.9 cm³/mol. The Hall–Kier alpha value is -2.93. The first-order valence-electron chi connectivity index (χ1n) is 8.79. The number of carbonyl (C=O) groups is 1. The van der Waals surface area contributed by atoms with Crippen LogP contribution in [0.5, 0.6) is 0 Å². The van der Waals surface area contributed by atoms with Gasteiger partial charge in [0.05, 0.1) is 12.0 Å². The Morgan fingerprint density at radius 1 is 1.08 bits per heavy atom. The highest BCUT2D eigenvalue weighted by Gasteiger charge is 2.21. The van der Waals surface area contributed by atoms with Crippen molar-refractivity contribution in [3.63, 3.8) is 0 Å². The summed E-state index contributed by atoms with van der Waals surface area (Å²) in [5.41, 5.74) is 2.25. The van der Waals surface area contributed by atoms with Gasteiger partial charge in [0.1, 0.15) is 12.7 Å². The zero-order chi connectivity index (χ0) is 17.8. The number of furan rings is 1. The van der Waals surface area contributed by atoms with Gasteiger partial charge in [-0.15, -0.1) is 0 Å². The van der Waals surface area contributed by atoms with E-state index in [0.717, 1.165) is 44.8 Å². The van der Waals surface area contributed by atoms with Crippen LogP contribution >= 0.6 is 0 Å². The molecule has 2 aromatic heterocycles. The molecule has 0 saturated carbocycles. The lowest BCUT2D eigenvalue weighted by molar-refractivity contribution is 0.0729. The van der Waals surface area contributed by atoms with Crippen molar-refractivity contribution in [2.75, 3.05) is 26.2 Å². The molecular formula is C19H21N5O2. The molecule has 1 aromatic carbocycles. The van der Waals surface area contributed by atoms with E-state index in [1.54, 1.807) is 29.4 Å². The maximum absolute atomic E-state index is 12.4. The average molecular weight is 351 g/mol. The van der Waals surface area contributed by atoms with Crippen LogP contribution in [0.3, 0.4) is 0 Å². The van der Waals surface area contributed by atoms with Crippen LogP contribution in [0, 0.1) is 0 Å². The number of nitrogens with zero attached hydrogens (tertiary/aromatic N) is 5. The van der Waals surface area contributed by atoms with Crippen molar-refractivity contribution >= 4 is 5.91 Å². The zero-order valence-electron chi connectivity index (χ0n) is 14.5. The molecule has 26 heavy (non-hydrogen) atoms. The van der Waals surface area contributed by atoms with Crippen molar-refractivity contribution in [2.45, 2.75) is 13.0 Å². The number of benzene rings is 1. The van der Waals surface area contributed by atoms with Gasteiger partial charge in [-0.2, -0.15) is 5.10 Å². The molecule has 1 amide bonds. The molecule has 4 rings (SSSR count). The highest BCUT2D eigenvalue weighted by molar-refractivity contribution is 5.91. The van der Waals surface area contributed by atoms with Gasteiger partial charge in [0, 0.05) is 32.7 Å². The third-order valence-electron chi connectivity index (χ3n) is 4.63. The van der Waals surface area contributed by atoms with Gasteiger partial charge < -0.3 is 9.32 Å². The van der Waals surface area contributed by atoms with E-state index in [-0.39, 0.29) is 5.91 Å². The summed E-state index contributed by atoms with van der Waals surface area (Å²) in [7, 11) is 0. The highest BCUT2D eigenvalue weighted by Crippen LogP contribution is 2.14. The van der Waals surface area contributed by atoms with Crippen molar-refractivity contribution in [3.8, 4) is 5.69 Å². The molecule has 7 heteroatoms.